The number of nitrogens with one attached hydrogen (secondary N) is 3. The van der Waals surface area contributed by atoms with Gasteiger partial charge in [-0.15, -0.1) is 17.0 Å². The zero-order chi connectivity index (χ0) is 31.0. The standard InChI is InChI=1S/C33H41Br2N5O3.BrH/c34-26-20-25(21-27(35)31(26)37)22-29(39-30(41)16-9-14-23-10-3-1-4-11-23)33(43)40-28(15-7-8-18-36)32(42)38-19-17-24-12-5-2-6-13-24;/h1-6,10-13,20-21,28-29H,7-9,14-19,22,36-37H2,(H,38,42)(H,39,41)(H,40,43);1H/t28-,29+;/m0./s1. The van der Waals surface area contributed by atoms with Gasteiger partial charge in [-0.3, -0.25) is 14.4 Å². The number of anilines is 1. The number of benzene rings is 3. The van der Waals surface area contributed by atoms with Gasteiger partial charge in [-0.25, -0.2) is 0 Å². The molecule has 0 heterocycles. The Kier molecular flexibility index (Phi) is 17.3. The first kappa shape index (κ1) is 37.5. The maximum atomic E-state index is 13.7. The van der Waals surface area contributed by atoms with Crippen LogP contribution in [0.5, 0.6) is 0 Å². The van der Waals surface area contributed by atoms with E-state index in [0.29, 0.717) is 53.4 Å². The second-order valence-corrected chi connectivity index (χ2v) is 12.2. The van der Waals surface area contributed by atoms with E-state index in [1.54, 1.807) is 0 Å². The van der Waals surface area contributed by atoms with Gasteiger partial charge in [0, 0.05) is 28.3 Å². The van der Waals surface area contributed by atoms with Crippen LogP contribution in [0, 0.1) is 0 Å². The highest BCUT2D eigenvalue weighted by atomic mass is 79.9. The number of carbonyl (C=O) groups is 3. The molecule has 3 aromatic rings. The zero-order valence-corrected chi connectivity index (χ0v) is 29.6. The lowest BCUT2D eigenvalue weighted by Crippen LogP contribution is -2.54. The van der Waals surface area contributed by atoms with Gasteiger partial charge in [0.2, 0.25) is 17.7 Å². The normalized spacial score (nSPS) is 12.0. The first-order valence-electron chi connectivity index (χ1n) is 14.7. The van der Waals surface area contributed by atoms with Gasteiger partial charge in [-0.1, -0.05) is 60.7 Å². The molecule has 3 rings (SSSR count). The van der Waals surface area contributed by atoms with E-state index < -0.39 is 18.0 Å². The lowest BCUT2D eigenvalue weighted by atomic mass is 10.0. The van der Waals surface area contributed by atoms with Crippen LogP contribution in [0.3, 0.4) is 0 Å². The third-order valence-corrected chi connectivity index (χ3v) is 8.39. The predicted octanol–water partition coefficient (Wildman–Crippen LogP) is 5.39. The van der Waals surface area contributed by atoms with Crippen LogP contribution in [-0.2, 0) is 33.6 Å². The maximum Gasteiger partial charge on any atom is 0.243 e. The number of rotatable bonds is 17. The van der Waals surface area contributed by atoms with Crippen LogP contribution in [0.2, 0.25) is 0 Å². The smallest absolute Gasteiger partial charge is 0.243 e. The Hall–Kier alpha value is -2.73. The molecular formula is C33H42Br3N5O3. The molecule has 0 saturated heterocycles. The molecule has 0 spiro atoms. The van der Waals surface area contributed by atoms with Crippen molar-refractivity contribution in [3.05, 3.63) is 98.4 Å². The van der Waals surface area contributed by atoms with Crippen LogP contribution in [-0.4, -0.2) is 42.9 Å². The highest BCUT2D eigenvalue weighted by molar-refractivity contribution is 9.11. The molecule has 0 aliphatic heterocycles. The van der Waals surface area contributed by atoms with E-state index >= 15 is 0 Å². The van der Waals surface area contributed by atoms with Crippen molar-refractivity contribution in [3.8, 4) is 0 Å². The molecule has 7 N–H and O–H groups in total. The summed E-state index contributed by atoms with van der Waals surface area (Å²) in [5.74, 6) is -0.902. The Labute approximate surface area is 287 Å². The molecular weight excluding hydrogens is 754 g/mol. The first-order chi connectivity index (χ1) is 20.8. The highest BCUT2D eigenvalue weighted by Crippen LogP contribution is 2.30. The van der Waals surface area contributed by atoms with E-state index in [4.69, 9.17) is 11.5 Å². The molecule has 0 unspecified atom stereocenters. The second-order valence-electron chi connectivity index (χ2n) is 10.5. The summed E-state index contributed by atoms with van der Waals surface area (Å²) in [7, 11) is 0. The van der Waals surface area contributed by atoms with Crippen molar-refractivity contribution in [2.75, 3.05) is 18.8 Å². The number of hydrogen-bond donors (Lipinski definition) is 5. The minimum atomic E-state index is -0.888. The number of aryl methyl sites for hydroxylation is 1. The maximum absolute atomic E-state index is 13.7. The Bertz CT molecular complexity index is 1310. The topological polar surface area (TPSA) is 139 Å². The summed E-state index contributed by atoms with van der Waals surface area (Å²) in [5, 5.41) is 8.79. The van der Waals surface area contributed by atoms with Crippen molar-refractivity contribution in [2.24, 2.45) is 5.73 Å². The molecule has 0 fully saturated rings. The van der Waals surface area contributed by atoms with Gasteiger partial charge in [0.1, 0.15) is 12.1 Å². The number of amides is 3. The number of unbranched alkanes of at least 4 members (excludes halogenated alkanes) is 1. The lowest BCUT2D eigenvalue weighted by Gasteiger charge is -2.24. The van der Waals surface area contributed by atoms with Crippen molar-refractivity contribution in [1.82, 2.24) is 16.0 Å². The number of nitrogen functional groups attached to an aromatic ring is 1. The number of halogens is 3. The molecule has 8 nitrogen and oxygen atoms in total. The van der Waals surface area contributed by atoms with E-state index in [-0.39, 0.29) is 41.6 Å². The van der Waals surface area contributed by atoms with Crippen LogP contribution >= 0.6 is 48.8 Å². The van der Waals surface area contributed by atoms with Crippen molar-refractivity contribution in [1.29, 1.82) is 0 Å². The average Bonchev–Trinajstić information content (AvgIpc) is 3.00. The summed E-state index contributed by atoms with van der Waals surface area (Å²) in [4.78, 5) is 39.9. The van der Waals surface area contributed by atoms with Gasteiger partial charge in [-0.2, -0.15) is 0 Å². The van der Waals surface area contributed by atoms with Gasteiger partial charge < -0.3 is 27.4 Å². The molecule has 0 aliphatic rings. The Morgan fingerprint density at radius 1 is 0.727 bits per heavy atom. The van der Waals surface area contributed by atoms with E-state index in [0.717, 1.165) is 29.5 Å². The fourth-order valence-electron chi connectivity index (χ4n) is 4.70. The quantitative estimate of drug-likeness (QED) is 0.0922. The monoisotopic (exact) mass is 793 g/mol. The van der Waals surface area contributed by atoms with Gasteiger partial charge in [-0.05, 0) is 106 Å². The van der Waals surface area contributed by atoms with Gasteiger partial charge >= 0.3 is 0 Å². The summed E-state index contributed by atoms with van der Waals surface area (Å²) in [6, 6.07) is 21.9. The summed E-state index contributed by atoms with van der Waals surface area (Å²) in [6.45, 7) is 0.944. The van der Waals surface area contributed by atoms with Crippen LogP contribution in [0.15, 0.2) is 81.7 Å². The Balaban J connectivity index is 0.00000675. The molecule has 0 radical (unpaired) electrons. The lowest BCUT2D eigenvalue weighted by molar-refractivity contribution is -0.132. The summed E-state index contributed by atoms with van der Waals surface area (Å²) in [6.07, 6.45) is 4.44. The molecule has 0 saturated carbocycles. The van der Waals surface area contributed by atoms with Crippen LogP contribution in [0.25, 0.3) is 0 Å². The zero-order valence-electron chi connectivity index (χ0n) is 24.7. The fraction of sp³-hybridized carbons (Fsp3) is 0.364. The van der Waals surface area contributed by atoms with Crippen molar-refractivity contribution in [2.45, 2.75) is 63.5 Å². The molecule has 44 heavy (non-hydrogen) atoms. The molecule has 238 valence electrons. The first-order valence-corrected chi connectivity index (χ1v) is 16.2. The third-order valence-electron chi connectivity index (χ3n) is 7.08. The fourth-order valence-corrected chi connectivity index (χ4v) is 5.98. The molecule has 11 heteroatoms. The second kappa shape index (κ2) is 20.3. The minimum absolute atomic E-state index is 0. The Morgan fingerprint density at radius 3 is 1.91 bits per heavy atom. The van der Waals surface area contributed by atoms with E-state index in [1.165, 1.54) is 0 Å². The molecule has 0 bridgehead atoms. The number of nitrogens with two attached hydrogens (primary N) is 2. The third kappa shape index (κ3) is 13.1. The predicted molar refractivity (Wildman–Crippen MR) is 190 cm³/mol. The van der Waals surface area contributed by atoms with Gasteiger partial charge in [0.05, 0.1) is 5.69 Å². The van der Waals surface area contributed by atoms with Crippen LogP contribution in [0.4, 0.5) is 5.69 Å². The summed E-state index contributed by atoms with van der Waals surface area (Å²) >= 11 is 6.92. The number of hydrogen-bond acceptors (Lipinski definition) is 5. The van der Waals surface area contributed by atoms with Gasteiger partial charge in [0.25, 0.3) is 0 Å². The number of carbonyl (C=O) groups excluding carboxylic acids is 3. The average molecular weight is 796 g/mol. The van der Waals surface area contributed by atoms with Crippen LogP contribution < -0.4 is 27.4 Å². The molecule has 3 amide bonds. The van der Waals surface area contributed by atoms with Crippen molar-refractivity contribution in [3.63, 3.8) is 0 Å². The summed E-state index contributed by atoms with van der Waals surface area (Å²) < 4.78 is 1.37. The minimum Gasteiger partial charge on any atom is -0.397 e. The SMILES string of the molecule is Br.NCCCC[C@H](NC(=O)[C@@H](Cc1cc(Br)c(N)c(Br)c1)NC(=O)CCCc1ccccc1)C(=O)NCCc1ccccc1. The van der Waals surface area contributed by atoms with Gasteiger partial charge in [0.15, 0.2) is 0 Å². The summed E-state index contributed by atoms with van der Waals surface area (Å²) in [5.41, 5.74) is 15.4. The largest absolute Gasteiger partial charge is 0.397 e. The van der Waals surface area contributed by atoms with E-state index in [9.17, 15) is 14.4 Å². The van der Waals surface area contributed by atoms with Crippen molar-refractivity contribution < 1.29 is 14.4 Å². The molecule has 2 atom stereocenters. The van der Waals surface area contributed by atoms with E-state index in [1.807, 2.05) is 72.8 Å². The highest BCUT2D eigenvalue weighted by Gasteiger charge is 2.27. The Morgan fingerprint density at radius 2 is 1.32 bits per heavy atom. The molecule has 0 aromatic heterocycles. The van der Waals surface area contributed by atoms with Crippen molar-refractivity contribution >= 4 is 72.3 Å². The van der Waals surface area contributed by atoms with E-state index in [2.05, 4.69) is 47.8 Å². The molecule has 3 aromatic carbocycles. The van der Waals surface area contributed by atoms with Crippen LogP contribution in [0.1, 0.15) is 48.8 Å². The molecule has 0 aliphatic carbocycles.